The first-order valence-electron chi connectivity index (χ1n) is 7.97. The Hall–Kier alpha value is -3.28. The third-order valence-electron chi connectivity index (χ3n) is 4.00. The van der Waals surface area contributed by atoms with Gasteiger partial charge in [0.05, 0.1) is 23.3 Å². The number of nitrogens with one attached hydrogen (secondary N) is 2. The van der Waals surface area contributed by atoms with Crippen molar-refractivity contribution >= 4 is 16.9 Å². The van der Waals surface area contributed by atoms with E-state index >= 15 is 0 Å². The van der Waals surface area contributed by atoms with E-state index in [9.17, 15) is 4.39 Å². The normalized spacial score (nSPS) is 11.0. The summed E-state index contributed by atoms with van der Waals surface area (Å²) in [4.78, 5) is 7.89. The van der Waals surface area contributed by atoms with Crippen LogP contribution in [0.3, 0.4) is 0 Å². The maximum atomic E-state index is 13.0. The number of para-hydroxylation sites is 1. The molecule has 0 radical (unpaired) electrons. The highest BCUT2D eigenvalue weighted by Crippen LogP contribution is 2.18. The topological polar surface area (TPSA) is 66.5 Å². The van der Waals surface area contributed by atoms with Gasteiger partial charge >= 0.3 is 0 Å². The SMILES string of the molecule is Cc1cccc2[nH]c(CNc3ccc(-c4ccc(F)cc4)nn3)nc12. The lowest BCUT2D eigenvalue weighted by atomic mass is 10.1. The number of imidazole rings is 1. The fraction of sp³-hybridized carbons (Fsp3) is 0.105. The molecule has 0 spiro atoms. The van der Waals surface area contributed by atoms with E-state index in [1.165, 1.54) is 12.1 Å². The van der Waals surface area contributed by atoms with Crippen molar-refractivity contribution in [2.24, 2.45) is 0 Å². The number of aromatic amines is 1. The summed E-state index contributed by atoms with van der Waals surface area (Å²) >= 11 is 0. The van der Waals surface area contributed by atoms with Gasteiger partial charge in [-0.3, -0.25) is 0 Å². The number of hydrogen-bond donors (Lipinski definition) is 2. The molecule has 0 aliphatic rings. The minimum absolute atomic E-state index is 0.268. The van der Waals surface area contributed by atoms with Crippen molar-refractivity contribution in [2.75, 3.05) is 5.32 Å². The van der Waals surface area contributed by atoms with Crippen molar-refractivity contribution in [2.45, 2.75) is 13.5 Å². The molecule has 2 heterocycles. The van der Waals surface area contributed by atoms with Gasteiger partial charge in [-0.2, -0.15) is 0 Å². The predicted octanol–water partition coefficient (Wildman–Crippen LogP) is 4.08. The fourth-order valence-electron chi connectivity index (χ4n) is 2.69. The molecule has 0 saturated heterocycles. The third kappa shape index (κ3) is 3.19. The number of nitrogens with zero attached hydrogens (tertiary/aromatic N) is 3. The second-order valence-corrected chi connectivity index (χ2v) is 5.82. The molecule has 2 aromatic heterocycles. The van der Waals surface area contributed by atoms with Crippen LogP contribution in [0.2, 0.25) is 0 Å². The molecule has 4 aromatic rings. The molecule has 2 aromatic carbocycles. The summed E-state index contributed by atoms with van der Waals surface area (Å²) in [5.41, 5.74) is 4.67. The third-order valence-corrected chi connectivity index (χ3v) is 4.00. The molecule has 0 fully saturated rings. The highest BCUT2D eigenvalue weighted by atomic mass is 19.1. The minimum Gasteiger partial charge on any atom is -0.361 e. The van der Waals surface area contributed by atoms with Gasteiger partial charge in [-0.15, -0.1) is 10.2 Å². The highest BCUT2D eigenvalue weighted by molar-refractivity contribution is 5.78. The molecule has 0 bridgehead atoms. The predicted molar refractivity (Wildman–Crippen MR) is 95.6 cm³/mol. The van der Waals surface area contributed by atoms with Gasteiger partial charge in [0.2, 0.25) is 0 Å². The number of aryl methyl sites for hydroxylation is 1. The smallest absolute Gasteiger partial charge is 0.149 e. The summed E-state index contributed by atoms with van der Waals surface area (Å²) < 4.78 is 13.0. The van der Waals surface area contributed by atoms with Crippen molar-refractivity contribution in [3.8, 4) is 11.3 Å². The standard InChI is InChI=1S/C19H16FN5/c1-12-3-2-4-16-19(12)23-18(22-16)11-21-17-10-9-15(24-25-17)13-5-7-14(20)8-6-13/h2-10H,11H2,1H3,(H,21,25)(H,22,23). The first kappa shape index (κ1) is 15.3. The number of fused-ring (bicyclic) bond motifs is 1. The maximum Gasteiger partial charge on any atom is 0.149 e. The molecule has 4 rings (SSSR count). The van der Waals surface area contributed by atoms with Crippen LogP contribution in [0.4, 0.5) is 10.2 Å². The van der Waals surface area contributed by atoms with E-state index < -0.39 is 0 Å². The Bertz CT molecular complexity index is 1010. The zero-order valence-corrected chi connectivity index (χ0v) is 13.6. The van der Waals surface area contributed by atoms with E-state index in [1.54, 1.807) is 12.1 Å². The van der Waals surface area contributed by atoms with E-state index in [0.717, 1.165) is 28.0 Å². The van der Waals surface area contributed by atoms with E-state index in [2.05, 4.69) is 25.5 Å². The Kier molecular flexibility index (Phi) is 3.85. The molecule has 0 unspecified atom stereocenters. The van der Waals surface area contributed by atoms with Crippen molar-refractivity contribution in [1.29, 1.82) is 0 Å². The average Bonchev–Trinajstić information content (AvgIpc) is 3.06. The number of aromatic nitrogens is 4. The molecule has 6 heteroatoms. The fourth-order valence-corrected chi connectivity index (χ4v) is 2.69. The zero-order valence-electron chi connectivity index (χ0n) is 13.6. The average molecular weight is 333 g/mol. The van der Waals surface area contributed by atoms with Crippen LogP contribution in [0.5, 0.6) is 0 Å². The summed E-state index contributed by atoms with van der Waals surface area (Å²) in [5, 5.41) is 11.6. The number of H-pyrrole nitrogens is 1. The molecule has 0 saturated carbocycles. The molecule has 25 heavy (non-hydrogen) atoms. The molecule has 0 atom stereocenters. The van der Waals surface area contributed by atoms with Crippen LogP contribution in [-0.4, -0.2) is 20.2 Å². The van der Waals surface area contributed by atoms with Crippen LogP contribution in [0.15, 0.2) is 54.6 Å². The van der Waals surface area contributed by atoms with Gasteiger partial charge in [0, 0.05) is 5.56 Å². The highest BCUT2D eigenvalue weighted by Gasteiger charge is 2.06. The van der Waals surface area contributed by atoms with E-state index in [0.29, 0.717) is 18.1 Å². The van der Waals surface area contributed by atoms with Crippen LogP contribution in [0.25, 0.3) is 22.3 Å². The van der Waals surface area contributed by atoms with Gasteiger partial charge in [0.15, 0.2) is 0 Å². The Morgan fingerprint density at radius 2 is 1.84 bits per heavy atom. The molecule has 0 aliphatic heterocycles. The van der Waals surface area contributed by atoms with Gasteiger partial charge in [-0.25, -0.2) is 9.37 Å². The van der Waals surface area contributed by atoms with Crippen molar-refractivity contribution < 1.29 is 4.39 Å². The van der Waals surface area contributed by atoms with E-state index in [1.807, 2.05) is 37.3 Å². The first-order chi connectivity index (χ1) is 12.2. The van der Waals surface area contributed by atoms with Crippen molar-refractivity contribution in [1.82, 2.24) is 20.2 Å². The van der Waals surface area contributed by atoms with Gasteiger partial charge in [0.25, 0.3) is 0 Å². The molecule has 0 amide bonds. The van der Waals surface area contributed by atoms with Crippen LogP contribution in [0, 0.1) is 12.7 Å². The molecule has 124 valence electrons. The molecular formula is C19H16FN5. The Balaban J connectivity index is 1.47. The van der Waals surface area contributed by atoms with Crippen LogP contribution >= 0.6 is 0 Å². The Morgan fingerprint density at radius 1 is 1.00 bits per heavy atom. The Labute approximate surface area is 144 Å². The molecular weight excluding hydrogens is 317 g/mol. The molecule has 2 N–H and O–H groups in total. The summed E-state index contributed by atoms with van der Waals surface area (Å²) in [7, 11) is 0. The van der Waals surface area contributed by atoms with Crippen LogP contribution in [0.1, 0.15) is 11.4 Å². The first-order valence-corrected chi connectivity index (χ1v) is 7.97. The Morgan fingerprint density at radius 3 is 2.56 bits per heavy atom. The van der Waals surface area contributed by atoms with E-state index in [-0.39, 0.29) is 5.82 Å². The van der Waals surface area contributed by atoms with Crippen molar-refractivity contribution in [3.63, 3.8) is 0 Å². The van der Waals surface area contributed by atoms with Gasteiger partial charge in [-0.05, 0) is 55.0 Å². The largest absolute Gasteiger partial charge is 0.361 e. The number of benzene rings is 2. The maximum absolute atomic E-state index is 13.0. The lowest BCUT2D eigenvalue weighted by Gasteiger charge is -2.04. The summed E-state index contributed by atoms with van der Waals surface area (Å²) in [6.45, 7) is 2.57. The lowest BCUT2D eigenvalue weighted by Crippen LogP contribution is -2.04. The summed E-state index contributed by atoms with van der Waals surface area (Å²) in [6.07, 6.45) is 0. The summed E-state index contributed by atoms with van der Waals surface area (Å²) in [5.74, 6) is 1.23. The molecule has 0 aliphatic carbocycles. The van der Waals surface area contributed by atoms with Crippen LogP contribution in [-0.2, 0) is 6.54 Å². The van der Waals surface area contributed by atoms with Gasteiger partial charge in [0.1, 0.15) is 17.5 Å². The number of hydrogen-bond acceptors (Lipinski definition) is 4. The number of halogens is 1. The monoisotopic (exact) mass is 333 g/mol. The zero-order chi connectivity index (χ0) is 17.2. The quantitative estimate of drug-likeness (QED) is 0.590. The molecule has 5 nitrogen and oxygen atoms in total. The van der Waals surface area contributed by atoms with Gasteiger partial charge in [-0.1, -0.05) is 12.1 Å². The summed E-state index contributed by atoms with van der Waals surface area (Å²) in [6, 6.07) is 15.9. The van der Waals surface area contributed by atoms with Crippen LogP contribution < -0.4 is 5.32 Å². The van der Waals surface area contributed by atoms with E-state index in [4.69, 9.17) is 0 Å². The van der Waals surface area contributed by atoms with Gasteiger partial charge < -0.3 is 10.3 Å². The lowest BCUT2D eigenvalue weighted by molar-refractivity contribution is 0.628. The van der Waals surface area contributed by atoms with Crippen molar-refractivity contribution in [3.05, 3.63) is 71.8 Å². The number of rotatable bonds is 4. The second-order valence-electron chi connectivity index (χ2n) is 5.82. The second kappa shape index (κ2) is 6.32. The number of anilines is 1. The minimum atomic E-state index is -0.268.